The molecule has 8 heteroatoms. The Balaban J connectivity index is 2.57. The number of rotatable bonds is 3. The van der Waals surface area contributed by atoms with Crippen LogP contribution < -0.4 is 0 Å². The van der Waals surface area contributed by atoms with E-state index in [-0.39, 0.29) is 11.1 Å². The summed E-state index contributed by atoms with van der Waals surface area (Å²) in [6.45, 7) is 0. The molecule has 2 aromatic carbocycles. The van der Waals surface area contributed by atoms with Crippen LogP contribution in [0.3, 0.4) is 0 Å². The lowest BCUT2D eigenvalue weighted by atomic mass is 10.0. The molecule has 0 spiro atoms. The number of halogens is 3. The fraction of sp³-hybridized carbons (Fsp3) is 0.0714. The van der Waals surface area contributed by atoms with Crippen molar-refractivity contribution in [1.29, 1.82) is 0 Å². The Morgan fingerprint density at radius 1 is 1.09 bits per heavy atom. The van der Waals surface area contributed by atoms with Crippen LogP contribution in [0.4, 0.5) is 18.9 Å². The average molecular weight is 311 g/mol. The fourth-order valence-electron chi connectivity index (χ4n) is 1.92. The number of carboxylic acid groups (broad SMARTS) is 1. The van der Waals surface area contributed by atoms with Gasteiger partial charge in [-0.05, 0) is 29.3 Å². The Labute approximate surface area is 121 Å². The van der Waals surface area contributed by atoms with E-state index in [0.717, 1.165) is 24.3 Å². The Hall–Kier alpha value is -2.90. The minimum Gasteiger partial charge on any atom is -0.477 e. The molecule has 0 saturated heterocycles. The van der Waals surface area contributed by atoms with Crippen LogP contribution in [0.1, 0.15) is 15.9 Å². The van der Waals surface area contributed by atoms with Crippen molar-refractivity contribution in [3.05, 3.63) is 63.7 Å². The molecule has 0 aliphatic rings. The number of carboxylic acids is 1. The van der Waals surface area contributed by atoms with Gasteiger partial charge in [0.2, 0.25) is 0 Å². The molecule has 2 rings (SSSR count). The first-order chi connectivity index (χ1) is 10.2. The maximum absolute atomic E-state index is 12.7. The summed E-state index contributed by atoms with van der Waals surface area (Å²) < 4.78 is 38.0. The zero-order valence-electron chi connectivity index (χ0n) is 10.8. The monoisotopic (exact) mass is 311 g/mol. The Morgan fingerprint density at radius 3 is 2.27 bits per heavy atom. The second-order valence-electron chi connectivity index (χ2n) is 4.37. The zero-order valence-corrected chi connectivity index (χ0v) is 10.8. The van der Waals surface area contributed by atoms with Gasteiger partial charge in [-0.15, -0.1) is 0 Å². The molecule has 0 saturated carbocycles. The molecule has 0 fully saturated rings. The van der Waals surface area contributed by atoms with Crippen molar-refractivity contribution in [3.8, 4) is 11.1 Å². The van der Waals surface area contributed by atoms with Crippen molar-refractivity contribution < 1.29 is 28.0 Å². The zero-order chi connectivity index (χ0) is 16.5. The smallest absolute Gasteiger partial charge is 0.416 e. The van der Waals surface area contributed by atoms with E-state index in [1.807, 2.05) is 0 Å². The van der Waals surface area contributed by atoms with E-state index in [1.165, 1.54) is 18.2 Å². The molecule has 0 aliphatic carbocycles. The average Bonchev–Trinajstić information content (AvgIpc) is 2.45. The number of nitro groups is 1. The molecule has 0 unspecified atom stereocenters. The summed E-state index contributed by atoms with van der Waals surface area (Å²) in [6, 6.07) is 7.42. The lowest BCUT2D eigenvalue weighted by molar-refractivity contribution is -0.385. The summed E-state index contributed by atoms with van der Waals surface area (Å²) in [5.41, 5.74) is -1.87. The number of nitrogens with zero attached hydrogens (tertiary/aromatic N) is 1. The summed E-state index contributed by atoms with van der Waals surface area (Å²) in [4.78, 5) is 20.9. The molecular weight excluding hydrogens is 303 g/mol. The van der Waals surface area contributed by atoms with Crippen LogP contribution in [0, 0.1) is 10.1 Å². The number of aromatic carboxylic acids is 1. The van der Waals surface area contributed by atoms with Gasteiger partial charge in [0.05, 0.1) is 10.5 Å². The Kier molecular flexibility index (Phi) is 3.85. The number of hydrogen-bond donors (Lipinski definition) is 1. The molecule has 0 radical (unpaired) electrons. The molecule has 0 aromatic heterocycles. The summed E-state index contributed by atoms with van der Waals surface area (Å²) >= 11 is 0. The maximum Gasteiger partial charge on any atom is 0.416 e. The van der Waals surface area contributed by atoms with Crippen LogP contribution >= 0.6 is 0 Å². The first kappa shape index (κ1) is 15.5. The second-order valence-corrected chi connectivity index (χ2v) is 4.37. The maximum atomic E-state index is 12.7. The van der Waals surface area contributed by atoms with Gasteiger partial charge >= 0.3 is 12.1 Å². The fourth-order valence-corrected chi connectivity index (χ4v) is 1.92. The van der Waals surface area contributed by atoms with E-state index in [0.29, 0.717) is 0 Å². The van der Waals surface area contributed by atoms with Gasteiger partial charge in [0.25, 0.3) is 5.69 Å². The molecule has 0 heterocycles. The molecule has 114 valence electrons. The van der Waals surface area contributed by atoms with E-state index in [1.54, 1.807) is 0 Å². The highest BCUT2D eigenvalue weighted by Crippen LogP contribution is 2.33. The molecule has 2 aromatic rings. The highest BCUT2D eigenvalue weighted by molar-refractivity contribution is 5.93. The van der Waals surface area contributed by atoms with Crippen molar-refractivity contribution in [1.82, 2.24) is 0 Å². The van der Waals surface area contributed by atoms with Crippen LogP contribution in [0.2, 0.25) is 0 Å². The van der Waals surface area contributed by atoms with E-state index in [9.17, 15) is 28.1 Å². The van der Waals surface area contributed by atoms with Gasteiger partial charge < -0.3 is 5.11 Å². The highest BCUT2D eigenvalue weighted by Gasteiger charge is 2.30. The van der Waals surface area contributed by atoms with Gasteiger partial charge in [-0.3, -0.25) is 10.1 Å². The van der Waals surface area contributed by atoms with Crippen molar-refractivity contribution in [3.63, 3.8) is 0 Å². The molecule has 0 atom stereocenters. The summed E-state index contributed by atoms with van der Waals surface area (Å²) in [7, 11) is 0. The number of alkyl halides is 3. The third-order valence-corrected chi connectivity index (χ3v) is 2.95. The SMILES string of the molecule is O=C(O)c1ccc(-c2cccc(C(F)(F)F)c2)cc1[N+](=O)[O-]. The number of hydrogen-bond acceptors (Lipinski definition) is 3. The summed E-state index contributed by atoms with van der Waals surface area (Å²) in [5.74, 6) is -1.48. The molecule has 0 bridgehead atoms. The number of nitro benzene ring substituents is 1. The third-order valence-electron chi connectivity index (χ3n) is 2.95. The predicted octanol–water partition coefficient (Wildman–Crippen LogP) is 3.98. The quantitative estimate of drug-likeness (QED) is 0.686. The highest BCUT2D eigenvalue weighted by atomic mass is 19.4. The van der Waals surface area contributed by atoms with Gasteiger partial charge in [0, 0.05) is 6.07 Å². The summed E-state index contributed by atoms with van der Waals surface area (Å²) in [6.07, 6.45) is -4.54. The van der Waals surface area contributed by atoms with Crippen LogP contribution in [0.15, 0.2) is 42.5 Å². The van der Waals surface area contributed by atoms with Crippen LogP contribution in [0.5, 0.6) is 0 Å². The van der Waals surface area contributed by atoms with Crippen molar-refractivity contribution in [2.75, 3.05) is 0 Å². The van der Waals surface area contributed by atoms with Crippen LogP contribution in [0.25, 0.3) is 11.1 Å². The van der Waals surface area contributed by atoms with Gasteiger partial charge in [-0.2, -0.15) is 13.2 Å². The second kappa shape index (κ2) is 5.47. The van der Waals surface area contributed by atoms with Gasteiger partial charge in [0.1, 0.15) is 5.56 Å². The van der Waals surface area contributed by atoms with E-state index in [4.69, 9.17) is 5.11 Å². The number of carbonyl (C=O) groups is 1. The summed E-state index contributed by atoms with van der Waals surface area (Å²) in [5, 5.41) is 19.8. The lowest BCUT2D eigenvalue weighted by Gasteiger charge is -2.09. The first-order valence-electron chi connectivity index (χ1n) is 5.89. The van der Waals surface area contributed by atoms with E-state index >= 15 is 0 Å². The molecule has 0 aliphatic heterocycles. The molecule has 1 N–H and O–H groups in total. The molecule has 22 heavy (non-hydrogen) atoms. The topological polar surface area (TPSA) is 80.4 Å². The molecule has 5 nitrogen and oxygen atoms in total. The Morgan fingerprint density at radius 2 is 1.73 bits per heavy atom. The van der Waals surface area contributed by atoms with Crippen molar-refractivity contribution >= 4 is 11.7 Å². The molecular formula is C14H8F3NO4. The Bertz CT molecular complexity index is 756. The van der Waals surface area contributed by atoms with Crippen molar-refractivity contribution in [2.24, 2.45) is 0 Å². The predicted molar refractivity (Wildman–Crippen MR) is 70.5 cm³/mol. The van der Waals surface area contributed by atoms with Crippen LogP contribution in [-0.4, -0.2) is 16.0 Å². The lowest BCUT2D eigenvalue weighted by Crippen LogP contribution is -2.05. The van der Waals surface area contributed by atoms with Gasteiger partial charge in [0.15, 0.2) is 0 Å². The number of benzene rings is 2. The van der Waals surface area contributed by atoms with E-state index < -0.39 is 33.9 Å². The largest absolute Gasteiger partial charge is 0.477 e. The van der Waals surface area contributed by atoms with Crippen LogP contribution in [-0.2, 0) is 6.18 Å². The van der Waals surface area contributed by atoms with Crippen molar-refractivity contribution in [2.45, 2.75) is 6.18 Å². The standard InChI is InChI=1S/C14H8F3NO4/c15-14(16,17)10-3-1-2-8(6-10)9-4-5-11(13(19)20)12(7-9)18(21)22/h1-7H,(H,19,20). The minimum atomic E-state index is -4.54. The van der Waals surface area contributed by atoms with Gasteiger partial charge in [-0.1, -0.05) is 18.2 Å². The minimum absolute atomic E-state index is 0.106. The van der Waals surface area contributed by atoms with E-state index in [2.05, 4.69) is 0 Å². The first-order valence-corrected chi connectivity index (χ1v) is 5.89. The molecule has 0 amide bonds. The normalized spacial score (nSPS) is 11.2. The van der Waals surface area contributed by atoms with Gasteiger partial charge in [-0.25, -0.2) is 4.79 Å². The third kappa shape index (κ3) is 3.05.